The Balaban J connectivity index is 1.14. The van der Waals surface area contributed by atoms with Crippen molar-refractivity contribution in [1.82, 2.24) is 15.0 Å². The second kappa shape index (κ2) is 11.7. The molecule has 248 valence electrons. The van der Waals surface area contributed by atoms with Crippen molar-refractivity contribution in [1.29, 1.82) is 0 Å². The molecule has 2 aromatic heterocycles. The van der Waals surface area contributed by atoms with Crippen LogP contribution in [0.2, 0.25) is 0 Å². The lowest BCUT2D eigenvalue weighted by atomic mass is 9.67. The van der Waals surface area contributed by atoms with Gasteiger partial charge in [0.1, 0.15) is 5.58 Å². The number of fused-ring (bicyclic) bond motifs is 11. The van der Waals surface area contributed by atoms with E-state index in [1.165, 1.54) is 43.2 Å². The molecule has 0 N–H and O–H groups in total. The van der Waals surface area contributed by atoms with Gasteiger partial charge in [0, 0.05) is 37.4 Å². The second-order valence-corrected chi connectivity index (χ2v) is 14.6. The van der Waals surface area contributed by atoms with Crippen molar-refractivity contribution >= 4 is 22.7 Å². The zero-order valence-corrected chi connectivity index (χ0v) is 29.2. The predicted molar refractivity (Wildman–Crippen MR) is 213 cm³/mol. The van der Waals surface area contributed by atoms with Crippen molar-refractivity contribution in [2.75, 3.05) is 0 Å². The van der Waals surface area contributed by atoms with Crippen LogP contribution in [0.25, 0.3) is 67.4 Å². The summed E-state index contributed by atoms with van der Waals surface area (Å²) in [4.78, 5) is 17.8. The van der Waals surface area contributed by atoms with Gasteiger partial charge in [-0.3, -0.25) is 0 Å². The van der Waals surface area contributed by atoms with Crippen LogP contribution in [0.3, 0.4) is 0 Å². The fourth-order valence-electron chi connectivity index (χ4n) is 8.34. The minimum absolute atomic E-state index is 0.564. The van der Waals surface area contributed by atoms with Gasteiger partial charge in [0.25, 0.3) is 0 Å². The van der Waals surface area contributed by atoms with Gasteiger partial charge in [0.2, 0.25) is 0 Å². The van der Waals surface area contributed by atoms with Crippen LogP contribution in [-0.2, 0) is 5.41 Å². The lowest BCUT2D eigenvalue weighted by Crippen LogP contribution is -2.32. The first-order chi connectivity index (χ1) is 26.3. The fourth-order valence-corrected chi connectivity index (χ4v) is 9.51. The molecule has 1 spiro atoms. The van der Waals surface area contributed by atoms with Crippen LogP contribution in [-0.4, -0.2) is 15.0 Å². The van der Waals surface area contributed by atoms with E-state index in [4.69, 9.17) is 19.4 Å². The number of furan rings is 1. The van der Waals surface area contributed by atoms with E-state index in [9.17, 15) is 0 Å². The summed E-state index contributed by atoms with van der Waals surface area (Å²) in [6.07, 6.45) is 1.80. The minimum atomic E-state index is -0.564. The molecule has 0 amide bonds. The lowest BCUT2D eigenvalue weighted by Gasteiger charge is -2.39. The minimum Gasteiger partial charge on any atom is -0.464 e. The molecule has 1 unspecified atom stereocenters. The molecule has 11 rings (SSSR count). The van der Waals surface area contributed by atoms with Crippen molar-refractivity contribution in [2.45, 2.75) is 15.2 Å². The average Bonchev–Trinajstić information content (AvgIpc) is 3.83. The molecule has 4 nitrogen and oxygen atoms in total. The third kappa shape index (κ3) is 4.54. The highest BCUT2D eigenvalue weighted by Crippen LogP contribution is 2.63. The summed E-state index contributed by atoms with van der Waals surface area (Å²) in [6, 6.07) is 60.0. The monoisotopic (exact) mass is 695 g/mol. The van der Waals surface area contributed by atoms with Crippen molar-refractivity contribution in [3.8, 4) is 56.4 Å². The fraction of sp³-hybridized carbons (Fsp3) is 0.0208. The molecule has 0 bridgehead atoms. The molecule has 0 saturated carbocycles. The van der Waals surface area contributed by atoms with Crippen molar-refractivity contribution in [3.05, 3.63) is 198 Å². The molecule has 0 saturated heterocycles. The highest BCUT2D eigenvalue weighted by Gasteiger charge is 2.51. The predicted octanol–water partition coefficient (Wildman–Crippen LogP) is 12.1. The Morgan fingerprint density at radius 3 is 1.75 bits per heavy atom. The maximum atomic E-state index is 6.23. The van der Waals surface area contributed by atoms with E-state index in [2.05, 4.69) is 146 Å². The molecule has 0 fully saturated rings. The smallest absolute Gasteiger partial charge is 0.164 e. The summed E-state index contributed by atoms with van der Waals surface area (Å²) >= 11 is 1.82. The largest absolute Gasteiger partial charge is 0.464 e. The van der Waals surface area contributed by atoms with Crippen LogP contribution in [0.1, 0.15) is 22.3 Å². The highest BCUT2D eigenvalue weighted by atomic mass is 32.2. The molecular formula is C48H29N3OS. The number of hydrogen-bond acceptors (Lipinski definition) is 5. The van der Waals surface area contributed by atoms with Crippen LogP contribution >= 0.6 is 11.8 Å². The zero-order chi connectivity index (χ0) is 34.9. The average molecular weight is 696 g/mol. The van der Waals surface area contributed by atoms with E-state index in [1.54, 1.807) is 6.26 Å². The van der Waals surface area contributed by atoms with Crippen LogP contribution in [0.5, 0.6) is 0 Å². The Hall–Kier alpha value is -6.56. The Kier molecular flexibility index (Phi) is 6.67. The standard InChI is InChI=1S/C48H29N3OS/c1-3-11-30(12-4-1)31-19-21-34(22-20-31)46-49-45(33-13-5-2-6-14-33)50-47(51-46)35-24-26-42-40(29-35)48(38-17-9-10-18-41(38)53-42)37-16-8-7-15-36(37)43-39(48)25-23-32-27-28-52-44(32)43/h1-29H. The topological polar surface area (TPSA) is 51.8 Å². The van der Waals surface area contributed by atoms with Crippen LogP contribution in [0.4, 0.5) is 0 Å². The third-order valence-corrected chi connectivity index (χ3v) is 11.8. The summed E-state index contributed by atoms with van der Waals surface area (Å²) in [5.74, 6) is 1.91. The molecule has 1 atom stereocenters. The Morgan fingerprint density at radius 1 is 0.415 bits per heavy atom. The summed E-state index contributed by atoms with van der Waals surface area (Å²) in [6.45, 7) is 0. The van der Waals surface area contributed by atoms with Crippen molar-refractivity contribution in [3.63, 3.8) is 0 Å². The van der Waals surface area contributed by atoms with Gasteiger partial charge in [-0.1, -0.05) is 157 Å². The van der Waals surface area contributed by atoms with Gasteiger partial charge in [-0.25, -0.2) is 15.0 Å². The van der Waals surface area contributed by atoms with E-state index < -0.39 is 5.41 Å². The highest BCUT2D eigenvalue weighted by molar-refractivity contribution is 7.99. The van der Waals surface area contributed by atoms with E-state index in [0.29, 0.717) is 17.5 Å². The Labute approximate surface area is 310 Å². The molecule has 53 heavy (non-hydrogen) atoms. The number of benzene rings is 7. The first-order valence-electron chi connectivity index (χ1n) is 17.8. The number of aromatic nitrogens is 3. The van der Waals surface area contributed by atoms with E-state index in [0.717, 1.165) is 38.8 Å². The number of hydrogen-bond donors (Lipinski definition) is 0. The van der Waals surface area contributed by atoms with E-state index in [-0.39, 0.29) is 0 Å². The Bertz CT molecular complexity index is 2870. The normalized spacial score (nSPS) is 15.2. The summed E-state index contributed by atoms with van der Waals surface area (Å²) in [7, 11) is 0. The van der Waals surface area contributed by atoms with Gasteiger partial charge in [-0.2, -0.15) is 0 Å². The van der Waals surface area contributed by atoms with Gasteiger partial charge in [-0.15, -0.1) is 0 Å². The Morgan fingerprint density at radius 2 is 0.981 bits per heavy atom. The zero-order valence-electron chi connectivity index (χ0n) is 28.4. The molecule has 2 aliphatic rings. The maximum Gasteiger partial charge on any atom is 0.164 e. The summed E-state index contributed by atoms with van der Waals surface area (Å²) < 4.78 is 6.23. The molecule has 7 aromatic carbocycles. The second-order valence-electron chi connectivity index (χ2n) is 13.5. The molecule has 9 aromatic rings. The maximum absolute atomic E-state index is 6.23. The summed E-state index contributed by atoms with van der Waals surface area (Å²) in [5, 5.41) is 1.10. The van der Waals surface area contributed by atoms with Gasteiger partial charge >= 0.3 is 0 Å². The molecule has 0 radical (unpaired) electrons. The van der Waals surface area contributed by atoms with Crippen LogP contribution in [0, 0.1) is 0 Å². The van der Waals surface area contributed by atoms with Crippen molar-refractivity contribution < 1.29 is 4.42 Å². The number of rotatable bonds is 4. The number of nitrogens with zero attached hydrogens (tertiary/aromatic N) is 3. The van der Waals surface area contributed by atoms with Crippen LogP contribution in [0.15, 0.2) is 190 Å². The van der Waals surface area contributed by atoms with Crippen LogP contribution < -0.4 is 0 Å². The molecular weight excluding hydrogens is 667 g/mol. The van der Waals surface area contributed by atoms with Gasteiger partial charge in [0.05, 0.1) is 11.7 Å². The van der Waals surface area contributed by atoms with E-state index in [1.807, 2.05) is 36.0 Å². The molecule has 1 aliphatic heterocycles. The SMILES string of the molecule is c1ccc(-c2ccc(-c3nc(-c4ccccc4)nc(-c4ccc5c(c4)C4(c6ccccc6S5)c5ccccc5-c5c4ccc4ccoc54)n3)cc2)cc1. The van der Waals surface area contributed by atoms with E-state index >= 15 is 0 Å². The third-order valence-electron chi connectivity index (χ3n) is 10.7. The molecule has 3 heterocycles. The quantitative estimate of drug-likeness (QED) is 0.183. The van der Waals surface area contributed by atoms with Gasteiger partial charge in [0.15, 0.2) is 17.5 Å². The van der Waals surface area contributed by atoms with Crippen molar-refractivity contribution in [2.24, 2.45) is 0 Å². The first kappa shape index (κ1) is 30.1. The lowest BCUT2D eigenvalue weighted by molar-refractivity contribution is 0.616. The van der Waals surface area contributed by atoms with Gasteiger partial charge in [-0.05, 0) is 63.2 Å². The summed E-state index contributed by atoms with van der Waals surface area (Å²) in [5.41, 5.74) is 12.8. The first-order valence-corrected chi connectivity index (χ1v) is 18.6. The molecule has 5 heteroatoms. The van der Waals surface area contributed by atoms with Gasteiger partial charge < -0.3 is 4.42 Å². The molecule has 1 aliphatic carbocycles.